The van der Waals surface area contributed by atoms with Crippen LogP contribution in [0.4, 0.5) is 0 Å². The van der Waals surface area contributed by atoms with Crippen LogP contribution in [0.2, 0.25) is 0 Å². The quantitative estimate of drug-likeness (QED) is 0.853. The number of Topliss-reactive ketones (excluding diaryl/α,β-unsaturated/α-hetero) is 1. The van der Waals surface area contributed by atoms with Gasteiger partial charge < -0.3 is 4.74 Å². The Balaban J connectivity index is 1.77. The summed E-state index contributed by atoms with van der Waals surface area (Å²) in [7, 11) is -3.43. The number of carbonyl (C=O) groups is 1. The van der Waals surface area contributed by atoms with E-state index in [1.54, 1.807) is 12.1 Å². The maximum atomic E-state index is 12.5. The summed E-state index contributed by atoms with van der Waals surface area (Å²) < 4.78 is 31.8. The lowest BCUT2D eigenvalue weighted by molar-refractivity contribution is -0.120. The number of benzene rings is 1. The van der Waals surface area contributed by atoms with Gasteiger partial charge in [-0.25, -0.2) is 8.42 Å². The van der Waals surface area contributed by atoms with Gasteiger partial charge in [-0.15, -0.1) is 0 Å². The second kappa shape index (κ2) is 6.48. The normalized spacial score (nSPS) is 24.4. The highest BCUT2D eigenvalue weighted by atomic mass is 32.2. The molecule has 1 atom stereocenters. The van der Waals surface area contributed by atoms with Crippen LogP contribution in [-0.2, 0) is 19.6 Å². The molecule has 0 spiro atoms. The van der Waals surface area contributed by atoms with Crippen LogP contribution in [0.5, 0.6) is 0 Å². The summed E-state index contributed by atoms with van der Waals surface area (Å²) in [5.74, 6) is 0.544. The number of carbonyl (C=O) groups excluding carboxylic acids is 1. The fourth-order valence-corrected chi connectivity index (χ4v) is 4.57. The van der Waals surface area contributed by atoms with Crippen LogP contribution in [0.3, 0.4) is 0 Å². The van der Waals surface area contributed by atoms with Gasteiger partial charge in [-0.3, -0.25) is 4.79 Å². The first kappa shape index (κ1) is 15.6. The molecule has 3 rings (SSSR count). The summed E-state index contributed by atoms with van der Waals surface area (Å²) in [6.45, 7) is 1.70. The van der Waals surface area contributed by atoms with Crippen molar-refractivity contribution in [3.8, 4) is 0 Å². The average molecular weight is 323 g/mol. The lowest BCUT2D eigenvalue weighted by Crippen LogP contribution is -2.40. The molecule has 1 unspecified atom stereocenters. The van der Waals surface area contributed by atoms with Gasteiger partial charge in [-0.05, 0) is 36.5 Å². The molecule has 2 fully saturated rings. The number of sulfonamides is 1. The summed E-state index contributed by atoms with van der Waals surface area (Å²) >= 11 is 0. The van der Waals surface area contributed by atoms with E-state index in [9.17, 15) is 13.2 Å². The maximum Gasteiger partial charge on any atom is 0.243 e. The largest absolute Gasteiger partial charge is 0.379 e. The fraction of sp³-hybridized carbons (Fsp3) is 0.562. The van der Waals surface area contributed by atoms with E-state index < -0.39 is 10.0 Å². The van der Waals surface area contributed by atoms with E-state index in [1.165, 1.54) is 4.31 Å². The van der Waals surface area contributed by atoms with E-state index >= 15 is 0 Å². The number of morpholine rings is 1. The van der Waals surface area contributed by atoms with Crippen molar-refractivity contribution in [1.82, 2.24) is 4.31 Å². The first-order chi connectivity index (χ1) is 10.6. The summed E-state index contributed by atoms with van der Waals surface area (Å²) in [6, 6.07) is 7.05. The van der Waals surface area contributed by atoms with Crippen molar-refractivity contribution in [3.05, 3.63) is 29.8 Å². The molecule has 1 aliphatic heterocycles. The molecule has 0 amide bonds. The second-order valence-corrected chi connectivity index (χ2v) is 7.86. The minimum atomic E-state index is -3.43. The molecule has 1 aromatic carbocycles. The van der Waals surface area contributed by atoms with Gasteiger partial charge in [0.1, 0.15) is 5.78 Å². The van der Waals surface area contributed by atoms with Gasteiger partial charge in [0.2, 0.25) is 10.0 Å². The third kappa shape index (κ3) is 3.24. The van der Waals surface area contributed by atoms with Gasteiger partial charge in [-0.2, -0.15) is 4.31 Å². The van der Waals surface area contributed by atoms with E-state index in [-0.39, 0.29) is 5.92 Å². The molecular weight excluding hydrogens is 302 g/mol. The SMILES string of the molecule is O=C1CCCC(c2ccc(S(=O)(=O)N3CCOCC3)cc2)C1. The molecule has 1 aliphatic carbocycles. The van der Waals surface area contributed by atoms with E-state index in [4.69, 9.17) is 4.74 Å². The zero-order valence-corrected chi connectivity index (χ0v) is 13.3. The Labute approximate surface area is 131 Å². The molecule has 2 aliphatic rings. The van der Waals surface area contributed by atoms with E-state index in [2.05, 4.69) is 0 Å². The van der Waals surface area contributed by atoms with Gasteiger partial charge in [0.05, 0.1) is 18.1 Å². The Kier molecular flexibility index (Phi) is 4.61. The van der Waals surface area contributed by atoms with Crippen molar-refractivity contribution in [2.24, 2.45) is 0 Å². The van der Waals surface area contributed by atoms with Gasteiger partial charge in [0.15, 0.2) is 0 Å². The summed E-state index contributed by atoms with van der Waals surface area (Å²) in [5.41, 5.74) is 1.06. The van der Waals surface area contributed by atoms with E-state index in [1.807, 2.05) is 12.1 Å². The highest BCUT2D eigenvalue weighted by Crippen LogP contribution is 2.31. The van der Waals surface area contributed by atoms with E-state index in [0.717, 1.165) is 18.4 Å². The van der Waals surface area contributed by atoms with Crippen molar-refractivity contribution in [2.45, 2.75) is 36.5 Å². The van der Waals surface area contributed by atoms with Crippen LogP contribution in [-0.4, -0.2) is 44.8 Å². The standard InChI is InChI=1S/C16H21NO4S/c18-15-3-1-2-14(12-15)13-4-6-16(7-5-13)22(19,20)17-8-10-21-11-9-17/h4-7,14H,1-3,8-12H2. The number of rotatable bonds is 3. The number of ketones is 1. The van der Waals surface area contributed by atoms with Gasteiger partial charge in [0, 0.05) is 25.9 Å². The number of hydrogen-bond donors (Lipinski definition) is 0. The van der Waals surface area contributed by atoms with Crippen LogP contribution < -0.4 is 0 Å². The Morgan fingerprint density at radius 1 is 1.09 bits per heavy atom. The van der Waals surface area contributed by atoms with Crippen LogP contribution in [0.15, 0.2) is 29.2 Å². The first-order valence-electron chi connectivity index (χ1n) is 7.77. The molecule has 1 aromatic rings. The van der Waals surface area contributed by atoms with Crippen LogP contribution >= 0.6 is 0 Å². The number of nitrogens with zero attached hydrogens (tertiary/aromatic N) is 1. The number of ether oxygens (including phenoxy) is 1. The summed E-state index contributed by atoms with van der Waals surface area (Å²) in [5, 5.41) is 0. The summed E-state index contributed by atoms with van der Waals surface area (Å²) in [4.78, 5) is 11.9. The first-order valence-corrected chi connectivity index (χ1v) is 9.21. The fourth-order valence-electron chi connectivity index (χ4n) is 3.16. The molecule has 1 saturated heterocycles. The smallest absolute Gasteiger partial charge is 0.243 e. The molecule has 6 heteroatoms. The molecule has 0 radical (unpaired) electrons. The van der Waals surface area contributed by atoms with Gasteiger partial charge in [-0.1, -0.05) is 12.1 Å². The highest BCUT2D eigenvalue weighted by molar-refractivity contribution is 7.89. The minimum absolute atomic E-state index is 0.237. The predicted octanol–water partition coefficient (Wildman–Crippen LogP) is 1.93. The Hall–Kier alpha value is -1.24. The lowest BCUT2D eigenvalue weighted by Gasteiger charge is -2.26. The predicted molar refractivity (Wildman–Crippen MR) is 82.2 cm³/mol. The van der Waals surface area contributed by atoms with Crippen LogP contribution in [0, 0.1) is 0 Å². The van der Waals surface area contributed by atoms with E-state index in [0.29, 0.717) is 49.8 Å². The lowest BCUT2D eigenvalue weighted by atomic mass is 9.83. The van der Waals surface area contributed by atoms with Gasteiger partial charge >= 0.3 is 0 Å². The summed E-state index contributed by atoms with van der Waals surface area (Å²) in [6.07, 6.45) is 3.19. The Morgan fingerprint density at radius 3 is 2.41 bits per heavy atom. The molecule has 1 heterocycles. The van der Waals surface area contributed by atoms with Crippen molar-refractivity contribution in [2.75, 3.05) is 26.3 Å². The van der Waals surface area contributed by atoms with Crippen LogP contribution in [0.1, 0.15) is 37.2 Å². The van der Waals surface area contributed by atoms with Crippen molar-refractivity contribution < 1.29 is 17.9 Å². The molecule has 1 saturated carbocycles. The third-order valence-corrected chi connectivity index (χ3v) is 6.35. The highest BCUT2D eigenvalue weighted by Gasteiger charge is 2.27. The Morgan fingerprint density at radius 2 is 1.77 bits per heavy atom. The van der Waals surface area contributed by atoms with Crippen molar-refractivity contribution >= 4 is 15.8 Å². The third-order valence-electron chi connectivity index (χ3n) is 4.44. The molecule has 22 heavy (non-hydrogen) atoms. The molecule has 0 bridgehead atoms. The monoisotopic (exact) mass is 323 g/mol. The molecule has 5 nitrogen and oxygen atoms in total. The van der Waals surface area contributed by atoms with Crippen LogP contribution in [0.25, 0.3) is 0 Å². The van der Waals surface area contributed by atoms with Crippen molar-refractivity contribution in [1.29, 1.82) is 0 Å². The topological polar surface area (TPSA) is 63.7 Å². The second-order valence-electron chi connectivity index (χ2n) is 5.92. The minimum Gasteiger partial charge on any atom is -0.379 e. The zero-order valence-electron chi connectivity index (χ0n) is 12.5. The molecule has 0 N–H and O–H groups in total. The Bertz CT molecular complexity index is 633. The molecule has 120 valence electrons. The molecular formula is C16H21NO4S. The average Bonchev–Trinajstić information content (AvgIpc) is 2.56. The zero-order chi connectivity index (χ0) is 15.6. The molecule has 0 aromatic heterocycles. The van der Waals surface area contributed by atoms with Crippen molar-refractivity contribution in [3.63, 3.8) is 0 Å². The van der Waals surface area contributed by atoms with Gasteiger partial charge in [0.25, 0.3) is 0 Å². The number of hydrogen-bond acceptors (Lipinski definition) is 4. The maximum absolute atomic E-state index is 12.5.